The zero-order valence-corrected chi connectivity index (χ0v) is 7.53. The molecule has 0 bridgehead atoms. The number of nitrogens with zero attached hydrogens (tertiary/aromatic N) is 2. The van der Waals surface area contributed by atoms with E-state index >= 15 is 0 Å². The van der Waals surface area contributed by atoms with E-state index in [1.165, 1.54) is 12.8 Å². The molecule has 1 fully saturated rings. The minimum absolute atomic E-state index is 0.505. The molecule has 2 N–H and O–H groups in total. The monoisotopic (exact) mass is 178 g/mol. The van der Waals surface area contributed by atoms with Gasteiger partial charge in [0.25, 0.3) is 0 Å². The van der Waals surface area contributed by atoms with E-state index < -0.39 is 0 Å². The zero-order valence-electron chi connectivity index (χ0n) is 7.53. The van der Waals surface area contributed by atoms with E-state index in [0.29, 0.717) is 6.04 Å². The number of hydrogen-bond acceptors (Lipinski definition) is 4. The van der Waals surface area contributed by atoms with Crippen LogP contribution in [0.15, 0.2) is 18.6 Å². The van der Waals surface area contributed by atoms with E-state index in [9.17, 15) is 0 Å². The Labute approximate surface area is 77.8 Å². The molecule has 0 radical (unpaired) electrons. The maximum absolute atomic E-state index is 4.17. The fourth-order valence-corrected chi connectivity index (χ4v) is 1.56. The summed E-state index contributed by atoms with van der Waals surface area (Å²) >= 11 is 0. The largest absolute Gasteiger partial charge is 0.365 e. The van der Waals surface area contributed by atoms with E-state index in [1.807, 2.05) is 0 Å². The van der Waals surface area contributed by atoms with Crippen LogP contribution >= 0.6 is 0 Å². The molecule has 1 saturated heterocycles. The van der Waals surface area contributed by atoms with Gasteiger partial charge in [-0.05, 0) is 19.4 Å². The van der Waals surface area contributed by atoms with Crippen molar-refractivity contribution in [3.05, 3.63) is 18.6 Å². The molecule has 1 aromatic rings. The number of rotatable bonds is 2. The molecule has 4 heteroatoms. The van der Waals surface area contributed by atoms with E-state index in [0.717, 1.165) is 18.9 Å². The molecule has 70 valence electrons. The van der Waals surface area contributed by atoms with E-state index in [4.69, 9.17) is 0 Å². The topological polar surface area (TPSA) is 49.8 Å². The van der Waals surface area contributed by atoms with Crippen LogP contribution in [-0.2, 0) is 0 Å². The summed E-state index contributed by atoms with van der Waals surface area (Å²) in [5.41, 5.74) is 0. The molecule has 2 heterocycles. The van der Waals surface area contributed by atoms with Gasteiger partial charge in [0.2, 0.25) is 0 Å². The Hall–Kier alpha value is -1.16. The van der Waals surface area contributed by atoms with Crippen molar-refractivity contribution in [1.82, 2.24) is 15.3 Å². The Balaban J connectivity index is 1.90. The summed E-state index contributed by atoms with van der Waals surface area (Å²) in [7, 11) is 0. The van der Waals surface area contributed by atoms with Crippen molar-refractivity contribution in [2.45, 2.75) is 18.9 Å². The predicted molar refractivity (Wildman–Crippen MR) is 51.5 cm³/mol. The fraction of sp³-hybridized carbons (Fsp3) is 0.556. The van der Waals surface area contributed by atoms with Crippen molar-refractivity contribution in [3.63, 3.8) is 0 Å². The number of hydrogen-bond donors (Lipinski definition) is 2. The average molecular weight is 178 g/mol. The Morgan fingerprint density at radius 2 is 2.46 bits per heavy atom. The maximum Gasteiger partial charge on any atom is 0.144 e. The van der Waals surface area contributed by atoms with Crippen LogP contribution in [0.4, 0.5) is 5.82 Å². The molecule has 1 atom stereocenters. The van der Waals surface area contributed by atoms with Gasteiger partial charge in [-0.25, -0.2) is 4.98 Å². The predicted octanol–water partition coefficient (Wildman–Crippen LogP) is 0.640. The van der Waals surface area contributed by atoms with Crippen LogP contribution in [0.3, 0.4) is 0 Å². The van der Waals surface area contributed by atoms with Crippen LogP contribution in [-0.4, -0.2) is 29.1 Å². The highest BCUT2D eigenvalue weighted by molar-refractivity contribution is 5.31. The summed E-state index contributed by atoms with van der Waals surface area (Å²) in [4.78, 5) is 8.18. The second-order valence-corrected chi connectivity index (χ2v) is 3.28. The smallest absolute Gasteiger partial charge is 0.144 e. The fourth-order valence-electron chi connectivity index (χ4n) is 1.56. The molecule has 0 spiro atoms. The summed E-state index contributed by atoms with van der Waals surface area (Å²) in [5, 5.41) is 6.69. The van der Waals surface area contributed by atoms with Gasteiger partial charge in [0.15, 0.2) is 0 Å². The Morgan fingerprint density at radius 1 is 1.46 bits per heavy atom. The van der Waals surface area contributed by atoms with Gasteiger partial charge in [0.1, 0.15) is 5.82 Å². The van der Waals surface area contributed by atoms with Crippen LogP contribution < -0.4 is 10.6 Å². The van der Waals surface area contributed by atoms with Gasteiger partial charge in [-0.15, -0.1) is 0 Å². The van der Waals surface area contributed by atoms with Crippen molar-refractivity contribution < 1.29 is 0 Å². The van der Waals surface area contributed by atoms with Crippen molar-refractivity contribution >= 4 is 5.82 Å². The number of aromatic nitrogens is 2. The van der Waals surface area contributed by atoms with Crippen molar-refractivity contribution in [2.75, 3.05) is 18.4 Å². The molecule has 0 saturated carbocycles. The zero-order chi connectivity index (χ0) is 8.93. The first-order chi connectivity index (χ1) is 6.45. The van der Waals surface area contributed by atoms with Crippen molar-refractivity contribution in [2.24, 2.45) is 0 Å². The molecular formula is C9H14N4. The van der Waals surface area contributed by atoms with E-state index in [1.54, 1.807) is 18.6 Å². The van der Waals surface area contributed by atoms with Crippen LogP contribution in [0.2, 0.25) is 0 Å². The minimum atomic E-state index is 0.505. The molecule has 0 unspecified atom stereocenters. The van der Waals surface area contributed by atoms with Gasteiger partial charge in [-0.2, -0.15) is 0 Å². The first-order valence-corrected chi connectivity index (χ1v) is 4.68. The van der Waals surface area contributed by atoms with Crippen LogP contribution in [0.5, 0.6) is 0 Å². The van der Waals surface area contributed by atoms with E-state index in [-0.39, 0.29) is 0 Å². The van der Waals surface area contributed by atoms with Crippen LogP contribution in [0.25, 0.3) is 0 Å². The quantitative estimate of drug-likeness (QED) is 0.697. The minimum Gasteiger partial charge on any atom is -0.365 e. The van der Waals surface area contributed by atoms with E-state index in [2.05, 4.69) is 20.6 Å². The summed E-state index contributed by atoms with van der Waals surface area (Å²) < 4.78 is 0. The van der Waals surface area contributed by atoms with Crippen LogP contribution in [0, 0.1) is 0 Å². The van der Waals surface area contributed by atoms with Gasteiger partial charge in [-0.3, -0.25) is 4.98 Å². The maximum atomic E-state index is 4.17. The Bertz CT molecular complexity index is 243. The lowest BCUT2D eigenvalue weighted by Gasteiger charge is -2.23. The third kappa shape index (κ3) is 2.39. The number of nitrogens with one attached hydrogen (secondary N) is 2. The molecule has 4 nitrogen and oxygen atoms in total. The van der Waals surface area contributed by atoms with Gasteiger partial charge in [0, 0.05) is 25.0 Å². The molecule has 0 aliphatic carbocycles. The van der Waals surface area contributed by atoms with Gasteiger partial charge >= 0.3 is 0 Å². The second kappa shape index (κ2) is 4.18. The summed E-state index contributed by atoms with van der Waals surface area (Å²) in [6, 6.07) is 0.505. The molecule has 0 amide bonds. The Morgan fingerprint density at radius 3 is 3.15 bits per heavy atom. The standard InChI is InChI=1S/C9H14N4/c1-2-8(6-10-3-1)13-9-7-11-4-5-12-9/h4-5,7-8,10H,1-3,6H2,(H,12,13)/t8-/m0/s1. The Kier molecular flexibility index (Phi) is 2.72. The SMILES string of the molecule is c1cnc(N[C@H]2CCCNC2)cn1. The molecule has 1 aromatic heterocycles. The first kappa shape index (κ1) is 8.44. The van der Waals surface area contributed by atoms with Crippen molar-refractivity contribution in [3.8, 4) is 0 Å². The summed E-state index contributed by atoms with van der Waals surface area (Å²) in [6.45, 7) is 2.16. The van der Waals surface area contributed by atoms with Crippen molar-refractivity contribution in [1.29, 1.82) is 0 Å². The summed E-state index contributed by atoms with van der Waals surface area (Å²) in [6.07, 6.45) is 7.60. The van der Waals surface area contributed by atoms with Crippen LogP contribution in [0.1, 0.15) is 12.8 Å². The number of piperidine rings is 1. The lowest BCUT2D eigenvalue weighted by molar-refractivity contribution is 0.479. The molecular weight excluding hydrogens is 164 g/mol. The summed E-state index contributed by atoms with van der Waals surface area (Å²) in [5.74, 6) is 0.871. The van der Waals surface area contributed by atoms with Gasteiger partial charge in [-0.1, -0.05) is 0 Å². The average Bonchev–Trinajstić information content (AvgIpc) is 2.21. The number of anilines is 1. The molecule has 1 aliphatic rings. The first-order valence-electron chi connectivity index (χ1n) is 4.68. The highest BCUT2D eigenvalue weighted by Gasteiger charge is 2.12. The second-order valence-electron chi connectivity index (χ2n) is 3.28. The lowest BCUT2D eigenvalue weighted by atomic mass is 10.1. The lowest BCUT2D eigenvalue weighted by Crippen LogP contribution is -2.38. The molecule has 1 aliphatic heterocycles. The van der Waals surface area contributed by atoms with Gasteiger partial charge in [0.05, 0.1) is 6.20 Å². The highest BCUT2D eigenvalue weighted by atomic mass is 15.1. The molecule has 0 aromatic carbocycles. The third-order valence-corrected chi connectivity index (χ3v) is 2.21. The normalized spacial score (nSPS) is 22.6. The molecule has 13 heavy (non-hydrogen) atoms. The third-order valence-electron chi connectivity index (χ3n) is 2.21. The van der Waals surface area contributed by atoms with Gasteiger partial charge < -0.3 is 10.6 Å². The molecule has 2 rings (SSSR count). The highest BCUT2D eigenvalue weighted by Crippen LogP contribution is 2.07.